The van der Waals surface area contributed by atoms with Crippen LogP contribution < -0.4 is 5.32 Å². The van der Waals surface area contributed by atoms with Gasteiger partial charge in [-0.25, -0.2) is 9.37 Å². The number of rotatable bonds is 6. The highest BCUT2D eigenvalue weighted by Gasteiger charge is 2.37. The number of carboxylic acid groups (broad SMARTS) is 1. The van der Waals surface area contributed by atoms with Gasteiger partial charge in [0.05, 0.1) is 24.1 Å². The molecule has 25 heavy (non-hydrogen) atoms. The smallest absolute Gasteiger partial charge is 0.305 e. The molecular weight excluding hydrogens is 343 g/mol. The molecule has 1 aliphatic carbocycles. The van der Waals surface area contributed by atoms with Gasteiger partial charge >= 0.3 is 5.97 Å². The van der Waals surface area contributed by atoms with Crippen LogP contribution in [-0.2, 0) is 16.0 Å². The zero-order valence-corrected chi connectivity index (χ0v) is 14.4. The van der Waals surface area contributed by atoms with Gasteiger partial charge in [0, 0.05) is 10.9 Å². The molecule has 1 aliphatic rings. The number of aliphatic carboxylic acids is 1. The molecule has 0 aliphatic heterocycles. The lowest BCUT2D eigenvalue weighted by Crippen LogP contribution is -2.48. The zero-order valence-electron chi connectivity index (χ0n) is 13.6. The van der Waals surface area contributed by atoms with Crippen LogP contribution in [0.25, 0.3) is 10.6 Å². The molecule has 1 aromatic heterocycles. The molecule has 1 heterocycles. The third-order valence-electron chi connectivity index (χ3n) is 4.42. The van der Waals surface area contributed by atoms with Gasteiger partial charge in [-0.15, -0.1) is 11.3 Å². The van der Waals surface area contributed by atoms with Crippen LogP contribution in [0.3, 0.4) is 0 Å². The van der Waals surface area contributed by atoms with Gasteiger partial charge in [0.25, 0.3) is 0 Å². The largest absolute Gasteiger partial charge is 0.481 e. The van der Waals surface area contributed by atoms with E-state index in [2.05, 4.69) is 10.3 Å². The fraction of sp³-hybridized carbons (Fsp3) is 0.389. The topological polar surface area (TPSA) is 79.3 Å². The van der Waals surface area contributed by atoms with Crippen LogP contribution in [0, 0.1) is 5.82 Å². The number of benzene rings is 1. The number of carbonyl (C=O) groups is 2. The lowest BCUT2D eigenvalue weighted by atomic mass is 9.93. The van der Waals surface area contributed by atoms with Crippen molar-refractivity contribution < 1.29 is 19.1 Å². The first-order valence-electron chi connectivity index (χ1n) is 8.19. The lowest BCUT2D eigenvalue weighted by Gasteiger charge is -2.28. The number of amides is 1. The van der Waals surface area contributed by atoms with Gasteiger partial charge in [-0.1, -0.05) is 25.0 Å². The third-order valence-corrected chi connectivity index (χ3v) is 5.36. The van der Waals surface area contributed by atoms with Gasteiger partial charge in [0.2, 0.25) is 5.91 Å². The number of thiazole rings is 1. The van der Waals surface area contributed by atoms with Crippen LogP contribution >= 0.6 is 11.3 Å². The number of carboxylic acids is 1. The SMILES string of the molecule is O=C(O)CC1(NC(=O)Cc2csc(-c3cccc(F)c3)n2)CCCC1. The Morgan fingerprint density at radius 3 is 2.76 bits per heavy atom. The van der Waals surface area contributed by atoms with Gasteiger partial charge in [0.15, 0.2) is 0 Å². The Balaban J connectivity index is 1.66. The minimum atomic E-state index is -0.899. The molecule has 7 heteroatoms. The van der Waals surface area contributed by atoms with Crippen molar-refractivity contribution in [3.05, 3.63) is 41.2 Å². The van der Waals surface area contributed by atoms with Crippen LogP contribution in [0.2, 0.25) is 0 Å². The van der Waals surface area contributed by atoms with E-state index in [1.807, 2.05) is 0 Å². The summed E-state index contributed by atoms with van der Waals surface area (Å²) in [6.07, 6.45) is 3.27. The van der Waals surface area contributed by atoms with Crippen molar-refractivity contribution in [3.8, 4) is 10.6 Å². The van der Waals surface area contributed by atoms with Crippen LogP contribution in [0.15, 0.2) is 29.6 Å². The highest BCUT2D eigenvalue weighted by atomic mass is 32.1. The fourth-order valence-electron chi connectivity index (χ4n) is 3.33. The number of nitrogens with zero attached hydrogens (tertiary/aromatic N) is 1. The summed E-state index contributed by atoms with van der Waals surface area (Å²) in [6, 6.07) is 6.17. The average Bonchev–Trinajstić information content (AvgIpc) is 3.16. The molecule has 2 aromatic rings. The van der Waals surface area contributed by atoms with Crippen molar-refractivity contribution in [1.82, 2.24) is 10.3 Å². The number of nitrogens with one attached hydrogen (secondary N) is 1. The Labute approximate surface area is 148 Å². The van der Waals surface area contributed by atoms with Gasteiger partial charge in [0.1, 0.15) is 10.8 Å². The van der Waals surface area contributed by atoms with Crippen molar-refractivity contribution in [2.45, 2.75) is 44.1 Å². The molecule has 132 valence electrons. The molecule has 1 amide bonds. The summed E-state index contributed by atoms with van der Waals surface area (Å²) < 4.78 is 13.3. The first kappa shape index (κ1) is 17.5. The van der Waals surface area contributed by atoms with Gasteiger partial charge in [-0.3, -0.25) is 9.59 Å². The van der Waals surface area contributed by atoms with E-state index in [0.717, 1.165) is 12.8 Å². The molecular formula is C18H19FN2O3S. The van der Waals surface area contributed by atoms with E-state index in [-0.39, 0.29) is 24.6 Å². The van der Waals surface area contributed by atoms with E-state index in [9.17, 15) is 14.0 Å². The number of hydrogen-bond donors (Lipinski definition) is 2. The van der Waals surface area contributed by atoms with Crippen LogP contribution in [-0.4, -0.2) is 27.5 Å². The lowest BCUT2D eigenvalue weighted by molar-refractivity contribution is -0.139. The monoisotopic (exact) mass is 362 g/mol. The molecule has 5 nitrogen and oxygen atoms in total. The Hall–Kier alpha value is -2.28. The zero-order chi connectivity index (χ0) is 17.9. The highest BCUT2D eigenvalue weighted by molar-refractivity contribution is 7.13. The summed E-state index contributed by atoms with van der Waals surface area (Å²) in [5.74, 6) is -1.45. The third kappa shape index (κ3) is 4.42. The van der Waals surface area contributed by atoms with E-state index in [4.69, 9.17) is 5.11 Å². The van der Waals surface area contributed by atoms with E-state index in [0.29, 0.717) is 29.1 Å². The minimum absolute atomic E-state index is 0.0512. The quantitative estimate of drug-likeness (QED) is 0.825. The maximum absolute atomic E-state index is 13.3. The second-order valence-corrected chi connectivity index (χ2v) is 7.30. The molecule has 1 fully saturated rings. The van der Waals surface area contributed by atoms with E-state index in [1.165, 1.54) is 23.5 Å². The summed E-state index contributed by atoms with van der Waals surface area (Å²) in [7, 11) is 0. The second kappa shape index (κ2) is 7.31. The predicted molar refractivity (Wildman–Crippen MR) is 92.8 cm³/mol. The normalized spacial score (nSPS) is 15.9. The maximum Gasteiger partial charge on any atom is 0.305 e. The van der Waals surface area contributed by atoms with E-state index < -0.39 is 11.5 Å². The minimum Gasteiger partial charge on any atom is -0.481 e. The molecule has 0 atom stereocenters. The van der Waals surface area contributed by atoms with Crippen molar-refractivity contribution >= 4 is 23.2 Å². The average molecular weight is 362 g/mol. The van der Waals surface area contributed by atoms with E-state index in [1.54, 1.807) is 17.5 Å². The predicted octanol–water partition coefficient (Wildman–Crippen LogP) is 3.40. The Kier molecular flexibility index (Phi) is 5.13. The van der Waals surface area contributed by atoms with Crippen molar-refractivity contribution in [1.29, 1.82) is 0 Å². The van der Waals surface area contributed by atoms with Crippen LogP contribution in [0.5, 0.6) is 0 Å². The molecule has 0 saturated heterocycles. The molecule has 3 rings (SSSR count). The summed E-state index contributed by atoms with van der Waals surface area (Å²) in [4.78, 5) is 27.8. The molecule has 1 saturated carbocycles. The summed E-state index contributed by atoms with van der Waals surface area (Å²) >= 11 is 1.35. The Morgan fingerprint density at radius 1 is 1.32 bits per heavy atom. The first-order valence-corrected chi connectivity index (χ1v) is 9.07. The highest BCUT2D eigenvalue weighted by Crippen LogP contribution is 2.33. The summed E-state index contributed by atoms with van der Waals surface area (Å²) in [5.41, 5.74) is 0.643. The fourth-order valence-corrected chi connectivity index (χ4v) is 4.15. The summed E-state index contributed by atoms with van der Waals surface area (Å²) in [5, 5.41) is 14.4. The van der Waals surface area contributed by atoms with Crippen molar-refractivity contribution in [2.24, 2.45) is 0 Å². The van der Waals surface area contributed by atoms with Crippen molar-refractivity contribution in [2.75, 3.05) is 0 Å². The van der Waals surface area contributed by atoms with Crippen LogP contribution in [0.4, 0.5) is 4.39 Å². The number of carbonyl (C=O) groups excluding carboxylic acids is 1. The number of hydrogen-bond acceptors (Lipinski definition) is 4. The van der Waals surface area contributed by atoms with Crippen LogP contribution in [0.1, 0.15) is 37.8 Å². The number of halogens is 1. The molecule has 0 bridgehead atoms. The Bertz CT molecular complexity index is 784. The van der Waals surface area contributed by atoms with Gasteiger partial charge in [-0.05, 0) is 25.0 Å². The molecule has 0 radical (unpaired) electrons. The Morgan fingerprint density at radius 2 is 2.08 bits per heavy atom. The number of aromatic nitrogens is 1. The molecule has 0 spiro atoms. The van der Waals surface area contributed by atoms with Crippen molar-refractivity contribution in [3.63, 3.8) is 0 Å². The standard InChI is InChI=1S/C18H19FN2O3S/c19-13-5-3-4-12(8-13)17-20-14(11-25-17)9-15(22)21-18(10-16(23)24)6-1-2-7-18/h3-5,8,11H,1-2,6-7,9-10H2,(H,21,22)(H,23,24). The molecule has 1 aromatic carbocycles. The summed E-state index contributed by atoms with van der Waals surface area (Å²) in [6.45, 7) is 0. The molecule has 0 unspecified atom stereocenters. The first-order chi connectivity index (χ1) is 12.0. The van der Waals surface area contributed by atoms with Gasteiger partial charge in [-0.2, -0.15) is 0 Å². The molecule has 2 N–H and O–H groups in total. The van der Waals surface area contributed by atoms with Gasteiger partial charge < -0.3 is 10.4 Å². The second-order valence-electron chi connectivity index (χ2n) is 6.44. The van der Waals surface area contributed by atoms with E-state index >= 15 is 0 Å². The maximum atomic E-state index is 13.3.